The lowest BCUT2D eigenvalue weighted by molar-refractivity contribution is 0.0929. The Bertz CT molecular complexity index is 2810. The summed E-state index contributed by atoms with van der Waals surface area (Å²) in [7, 11) is 1.81. The third-order valence-electron chi connectivity index (χ3n) is 9.66. The zero-order valence-electron chi connectivity index (χ0n) is 35.7. The molecule has 0 bridgehead atoms. The van der Waals surface area contributed by atoms with E-state index in [1.54, 1.807) is 115 Å². The Kier molecular flexibility index (Phi) is 15.5. The van der Waals surface area contributed by atoms with Crippen LogP contribution in [0.1, 0.15) is 74.2 Å². The molecule has 1 aliphatic rings. The van der Waals surface area contributed by atoms with Gasteiger partial charge in [-0.15, -0.1) is 0 Å². The van der Waals surface area contributed by atoms with Crippen LogP contribution in [0.15, 0.2) is 153 Å². The number of hydrogen-bond acceptors (Lipinski definition) is 15. The van der Waals surface area contributed by atoms with Crippen LogP contribution in [0.25, 0.3) is 0 Å². The summed E-state index contributed by atoms with van der Waals surface area (Å²) in [5.74, 6) is 3.87. The molecule has 65 heavy (non-hydrogen) atoms. The van der Waals surface area contributed by atoms with Crippen molar-refractivity contribution < 1.29 is 28.6 Å². The molecule has 1 saturated carbocycles. The number of ether oxygens (including phenoxy) is 3. The third kappa shape index (κ3) is 14.1. The fraction of sp³-hybridized carbons (Fsp3) is 0.184. The van der Waals surface area contributed by atoms with Crippen molar-refractivity contribution >= 4 is 17.3 Å². The molecular weight excluding hydrogens is 825 g/mol. The van der Waals surface area contributed by atoms with Crippen LogP contribution in [0.5, 0.6) is 34.5 Å². The fourth-order valence-corrected chi connectivity index (χ4v) is 6.27. The van der Waals surface area contributed by atoms with E-state index in [9.17, 15) is 14.4 Å². The van der Waals surface area contributed by atoms with Crippen molar-refractivity contribution in [1.29, 1.82) is 0 Å². The molecule has 1 aliphatic carbocycles. The van der Waals surface area contributed by atoms with Crippen LogP contribution in [-0.4, -0.2) is 67.0 Å². The first-order valence-electron chi connectivity index (χ1n) is 20.7. The zero-order chi connectivity index (χ0) is 45.2. The number of pyridine rings is 6. The van der Waals surface area contributed by atoms with Gasteiger partial charge in [0.2, 0.25) is 0 Å². The van der Waals surface area contributed by atoms with Crippen molar-refractivity contribution in [2.75, 3.05) is 0 Å². The molecule has 0 amide bonds. The highest BCUT2D eigenvalue weighted by Crippen LogP contribution is 2.31. The second-order valence-corrected chi connectivity index (χ2v) is 14.8. The van der Waals surface area contributed by atoms with Gasteiger partial charge in [0.25, 0.3) is 0 Å². The number of ketones is 3. The van der Waals surface area contributed by atoms with E-state index >= 15 is 0 Å². The van der Waals surface area contributed by atoms with Gasteiger partial charge in [0.1, 0.15) is 52.2 Å². The van der Waals surface area contributed by atoms with E-state index < -0.39 is 0 Å². The summed E-state index contributed by atoms with van der Waals surface area (Å²) in [6, 6.07) is 24.7. The van der Waals surface area contributed by atoms with Gasteiger partial charge in [0.15, 0.2) is 23.1 Å². The van der Waals surface area contributed by atoms with E-state index in [4.69, 9.17) is 14.2 Å². The maximum absolute atomic E-state index is 12.3. The molecule has 8 aromatic heterocycles. The first kappa shape index (κ1) is 44.6. The van der Waals surface area contributed by atoms with Gasteiger partial charge >= 0.3 is 0 Å². The number of aryl methyl sites for hydroxylation is 2. The van der Waals surface area contributed by atoms with Crippen molar-refractivity contribution in [2.24, 2.45) is 13.0 Å². The Balaban J connectivity index is 0.000000146. The third-order valence-corrected chi connectivity index (χ3v) is 9.66. The Hall–Kier alpha value is -8.40. The Morgan fingerprint density at radius 1 is 0.569 bits per heavy atom. The first-order chi connectivity index (χ1) is 31.7. The summed E-state index contributed by atoms with van der Waals surface area (Å²) in [6.45, 7) is 1.89. The van der Waals surface area contributed by atoms with E-state index in [0.717, 1.165) is 24.2 Å². The normalized spacial score (nSPS) is 11.7. The van der Waals surface area contributed by atoms with Gasteiger partial charge in [0.05, 0.1) is 43.3 Å². The van der Waals surface area contributed by atoms with Crippen LogP contribution < -0.4 is 14.2 Å². The number of hydrogen-bond donors (Lipinski definition) is 0. The lowest BCUT2D eigenvalue weighted by Gasteiger charge is -2.24. The number of rotatable bonds is 15. The van der Waals surface area contributed by atoms with E-state index in [0.29, 0.717) is 69.6 Å². The quantitative estimate of drug-likeness (QED) is 0.0884. The van der Waals surface area contributed by atoms with Crippen LogP contribution in [0.3, 0.4) is 0 Å². The summed E-state index contributed by atoms with van der Waals surface area (Å²) in [4.78, 5) is 69.1. The maximum atomic E-state index is 12.3. The van der Waals surface area contributed by atoms with Crippen molar-refractivity contribution in [1.82, 2.24) is 49.7 Å². The Morgan fingerprint density at radius 2 is 1.09 bits per heavy atom. The van der Waals surface area contributed by atoms with Gasteiger partial charge in [-0.25, -0.2) is 9.97 Å². The number of aromatic nitrogens is 10. The van der Waals surface area contributed by atoms with Crippen LogP contribution >= 0.6 is 0 Å². The van der Waals surface area contributed by atoms with Crippen LogP contribution in [-0.2, 0) is 19.9 Å². The SMILES string of the molecule is Cc1cccc(CC(=O)c2cc(Oc3cncnc3)ccn2)n1.Cn1ccc(CC(=O)c2cc(Oc3cccnc3)ccn2)n1.O=C(CC1CCC1)c1cc(Oc2cccnc2)ccn1. The summed E-state index contributed by atoms with van der Waals surface area (Å²) >= 11 is 0. The van der Waals surface area contributed by atoms with Gasteiger partial charge in [0, 0.05) is 80.2 Å². The number of Topliss-reactive ketones (excluding diaryl/α,β-unsaturated/α-hetero) is 3. The fourth-order valence-electron chi connectivity index (χ4n) is 6.27. The van der Waals surface area contributed by atoms with Gasteiger partial charge in [-0.1, -0.05) is 25.3 Å². The predicted molar refractivity (Wildman–Crippen MR) is 238 cm³/mol. The van der Waals surface area contributed by atoms with E-state index in [1.165, 1.54) is 18.9 Å². The summed E-state index contributed by atoms with van der Waals surface area (Å²) in [5.41, 5.74) is 3.49. The molecule has 16 heteroatoms. The van der Waals surface area contributed by atoms with Crippen LogP contribution in [0.4, 0.5) is 0 Å². The minimum absolute atomic E-state index is 0.102. The molecule has 0 spiro atoms. The summed E-state index contributed by atoms with van der Waals surface area (Å²) < 4.78 is 18.6. The Morgan fingerprint density at radius 3 is 1.57 bits per heavy atom. The van der Waals surface area contributed by atoms with E-state index in [2.05, 4.69) is 45.0 Å². The van der Waals surface area contributed by atoms with Gasteiger partial charge in [-0.05, 0) is 73.5 Å². The van der Waals surface area contributed by atoms with Crippen molar-refractivity contribution in [2.45, 2.75) is 45.4 Å². The minimum atomic E-state index is -0.113. The number of carbonyl (C=O) groups is 3. The van der Waals surface area contributed by atoms with E-state index in [1.807, 2.05) is 44.3 Å². The molecule has 0 radical (unpaired) electrons. The van der Waals surface area contributed by atoms with E-state index in [-0.39, 0.29) is 30.2 Å². The molecule has 9 rings (SSSR count). The highest BCUT2D eigenvalue weighted by molar-refractivity contribution is 5.96. The average molecular weight is 869 g/mol. The molecule has 0 unspecified atom stereocenters. The molecule has 16 nitrogen and oxygen atoms in total. The monoisotopic (exact) mass is 868 g/mol. The lowest BCUT2D eigenvalue weighted by Crippen LogP contribution is -2.16. The second-order valence-electron chi connectivity index (χ2n) is 14.8. The molecular formula is C49H44N10O6. The molecule has 0 aromatic carbocycles. The summed E-state index contributed by atoms with van der Waals surface area (Å²) in [5, 5.41) is 4.19. The average Bonchev–Trinajstić information content (AvgIpc) is 3.73. The molecule has 1 fully saturated rings. The Labute approximate surface area is 374 Å². The standard InChI is InChI=1S/C17H14N4O2.C16H14N4O2.C16H16N2O2/c1-12-3-2-4-13(21-12)7-17(22)16-8-14(5-6-20-16)23-15-9-18-11-19-10-15;1-20-8-5-12(19-20)9-16(21)15-10-13(4-7-18-15)22-14-3-2-6-17-11-14;19-16(9-12-3-1-4-12)15-10-13(6-8-18-15)20-14-5-2-7-17-11-14/h2-6,8-11H,7H2,1H3;2-8,10-11H,9H2,1H3;2,5-8,10-12H,1,3-4,9H2. The topological polar surface area (TPSA) is 200 Å². The molecule has 0 atom stereocenters. The first-order valence-corrected chi connectivity index (χ1v) is 20.7. The highest BCUT2D eigenvalue weighted by Gasteiger charge is 2.22. The number of carbonyl (C=O) groups excluding carboxylic acids is 3. The van der Waals surface area contributed by atoms with Crippen molar-refractivity contribution in [3.8, 4) is 34.5 Å². The summed E-state index contributed by atoms with van der Waals surface area (Å²) in [6.07, 6.45) is 22.2. The highest BCUT2D eigenvalue weighted by atomic mass is 16.5. The maximum Gasteiger partial charge on any atom is 0.187 e. The second kappa shape index (κ2) is 22.6. The largest absolute Gasteiger partial charge is 0.456 e. The number of nitrogens with zero attached hydrogens (tertiary/aromatic N) is 10. The van der Waals surface area contributed by atoms with Gasteiger partial charge in [-0.3, -0.25) is 49.0 Å². The molecule has 0 aliphatic heterocycles. The predicted octanol–water partition coefficient (Wildman–Crippen LogP) is 8.86. The van der Waals surface area contributed by atoms with Crippen LogP contribution in [0, 0.1) is 12.8 Å². The molecule has 8 aromatic rings. The lowest BCUT2D eigenvalue weighted by atomic mass is 9.81. The zero-order valence-corrected chi connectivity index (χ0v) is 35.7. The van der Waals surface area contributed by atoms with Crippen molar-refractivity contribution in [3.05, 3.63) is 187 Å². The molecule has 8 heterocycles. The molecule has 326 valence electrons. The molecule has 0 saturated heterocycles. The minimum Gasteiger partial charge on any atom is -0.456 e. The molecule has 0 N–H and O–H groups in total. The van der Waals surface area contributed by atoms with Gasteiger partial charge < -0.3 is 14.2 Å². The van der Waals surface area contributed by atoms with Crippen molar-refractivity contribution in [3.63, 3.8) is 0 Å². The smallest absolute Gasteiger partial charge is 0.187 e. The van der Waals surface area contributed by atoms with Gasteiger partial charge in [-0.2, -0.15) is 5.10 Å². The van der Waals surface area contributed by atoms with Crippen LogP contribution in [0.2, 0.25) is 0 Å².